The second-order valence-electron chi connectivity index (χ2n) is 1.84. The van der Waals surface area contributed by atoms with Gasteiger partial charge in [-0.2, -0.15) is 0 Å². The maximum Gasteiger partial charge on any atom is 0.309 e. The molecule has 0 bridgehead atoms. The van der Waals surface area contributed by atoms with Gasteiger partial charge in [0.05, 0.1) is 0 Å². The Labute approximate surface area is 74.1 Å². The van der Waals surface area contributed by atoms with E-state index in [-0.39, 0.29) is 5.82 Å². The molecule has 12 heavy (non-hydrogen) atoms. The molecule has 0 fully saturated rings. The predicted molar refractivity (Wildman–Crippen MR) is 45.2 cm³/mol. The highest BCUT2D eigenvalue weighted by molar-refractivity contribution is 6.30. The number of amides is 2. The fourth-order valence-corrected chi connectivity index (χ4v) is 0.556. The van der Waals surface area contributed by atoms with Gasteiger partial charge in [0.2, 0.25) is 0 Å². The Balaban J connectivity index is 0.000000261. The van der Waals surface area contributed by atoms with Gasteiger partial charge in [0, 0.05) is 5.02 Å². The average molecular weight is 191 g/mol. The van der Waals surface area contributed by atoms with Gasteiger partial charge < -0.3 is 11.5 Å². The van der Waals surface area contributed by atoms with Crippen LogP contribution in [0.15, 0.2) is 24.3 Å². The lowest BCUT2D eigenvalue weighted by molar-refractivity contribution is 0.256. The van der Waals surface area contributed by atoms with Crippen LogP contribution in [-0.4, -0.2) is 6.03 Å². The van der Waals surface area contributed by atoms with Crippen molar-refractivity contribution in [3.05, 3.63) is 35.1 Å². The summed E-state index contributed by atoms with van der Waals surface area (Å²) in [4.78, 5) is 9.00. The van der Waals surface area contributed by atoms with Crippen LogP contribution in [0, 0.1) is 5.82 Å². The van der Waals surface area contributed by atoms with Crippen molar-refractivity contribution in [3.63, 3.8) is 0 Å². The summed E-state index contributed by atoms with van der Waals surface area (Å²) in [5.74, 6) is -0.255. The normalized spacial score (nSPS) is 8.17. The first-order valence-corrected chi connectivity index (χ1v) is 3.36. The van der Waals surface area contributed by atoms with Gasteiger partial charge in [-0.15, -0.1) is 0 Å². The third-order valence-electron chi connectivity index (χ3n) is 0.804. The van der Waals surface area contributed by atoms with Crippen molar-refractivity contribution in [2.24, 2.45) is 11.5 Å². The Kier molecular flexibility index (Phi) is 4.79. The van der Waals surface area contributed by atoms with Gasteiger partial charge >= 0.3 is 6.03 Å². The zero-order valence-electron chi connectivity index (χ0n) is 6.13. The Morgan fingerprint density at radius 3 is 1.83 bits per heavy atom. The summed E-state index contributed by atoms with van der Waals surface area (Å²) >= 11 is 5.44. The molecule has 3 nitrogen and oxygen atoms in total. The van der Waals surface area contributed by atoms with Crippen molar-refractivity contribution >= 4 is 17.6 Å². The molecule has 0 spiro atoms. The average Bonchev–Trinajstić information content (AvgIpc) is 1.94. The van der Waals surface area contributed by atoms with E-state index in [0.717, 1.165) is 0 Å². The molecule has 4 N–H and O–H groups in total. The number of hydrogen-bond acceptors (Lipinski definition) is 1. The first-order chi connectivity index (χ1) is 5.52. The fourth-order valence-electron chi connectivity index (χ4n) is 0.430. The van der Waals surface area contributed by atoms with Crippen molar-refractivity contribution in [1.29, 1.82) is 0 Å². The Morgan fingerprint density at radius 1 is 1.25 bits per heavy atom. The van der Waals surface area contributed by atoms with Gasteiger partial charge in [0.15, 0.2) is 0 Å². The topological polar surface area (TPSA) is 69.1 Å². The molecule has 0 aliphatic heterocycles. The molecule has 0 saturated carbocycles. The van der Waals surface area contributed by atoms with Gasteiger partial charge in [0.25, 0.3) is 0 Å². The van der Waals surface area contributed by atoms with Gasteiger partial charge in [0.1, 0.15) is 5.82 Å². The maximum atomic E-state index is 12.0. The van der Waals surface area contributed by atoms with E-state index in [4.69, 9.17) is 16.4 Å². The van der Waals surface area contributed by atoms with E-state index in [2.05, 4.69) is 11.5 Å². The molecule has 0 atom stereocenters. The summed E-state index contributed by atoms with van der Waals surface area (Å²) in [7, 11) is 0. The minimum atomic E-state index is -0.833. The molecule has 0 aliphatic rings. The van der Waals surface area contributed by atoms with E-state index in [1.807, 2.05) is 0 Å². The van der Waals surface area contributed by atoms with E-state index in [1.165, 1.54) is 24.3 Å². The summed E-state index contributed by atoms with van der Waals surface area (Å²) in [6, 6.07) is 4.83. The van der Waals surface area contributed by atoms with Crippen LogP contribution in [0.25, 0.3) is 0 Å². The lowest BCUT2D eigenvalue weighted by Gasteiger charge is -1.84. The number of benzene rings is 1. The number of primary amides is 2. The number of urea groups is 1. The van der Waals surface area contributed by atoms with Gasteiger partial charge in [-0.3, -0.25) is 0 Å². The van der Waals surface area contributed by atoms with E-state index >= 15 is 0 Å². The first-order valence-electron chi connectivity index (χ1n) is 2.98. The lowest BCUT2D eigenvalue weighted by Crippen LogP contribution is -2.18. The smallest absolute Gasteiger partial charge is 0.309 e. The summed E-state index contributed by atoms with van der Waals surface area (Å²) in [5, 5.41) is 0.561. The number of carbonyl (C=O) groups is 1. The van der Waals surface area contributed by atoms with Crippen LogP contribution in [0.5, 0.6) is 0 Å². The Bertz CT molecular complexity index is 225. The number of rotatable bonds is 0. The van der Waals surface area contributed by atoms with Crippen molar-refractivity contribution in [2.75, 3.05) is 0 Å². The van der Waals surface area contributed by atoms with Crippen molar-refractivity contribution in [1.82, 2.24) is 0 Å². The molecule has 66 valence electrons. The molecule has 0 aliphatic carbocycles. The summed E-state index contributed by atoms with van der Waals surface area (Å²) < 4.78 is 12.0. The quantitative estimate of drug-likeness (QED) is 0.640. The standard InChI is InChI=1S/C6H4ClF.CH4N2O/c7-5-1-3-6(8)4-2-5;2-1(3)4/h1-4H;(H4,2,3,4). The fraction of sp³-hybridized carbons (Fsp3) is 0. The highest BCUT2D eigenvalue weighted by atomic mass is 35.5. The first kappa shape index (κ1) is 10.7. The third-order valence-corrected chi connectivity index (χ3v) is 1.06. The molecule has 5 heteroatoms. The largest absolute Gasteiger partial charge is 0.352 e. The van der Waals surface area contributed by atoms with Crippen LogP contribution in [0.2, 0.25) is 5.02 Å². The second-order valence-corrected chi connectivity index (χ2v) is 2.28. The highest BCUT2D eigenvalue weighted by Crippen LogP contribution is 2.07. The van der Waals surface area contributed by atoms with E-state index < -0.39 is 6.03 Å². The number of carbonyl (C=O) groups excluding carboxylic acids is 1. The molecule has 1 aromatic carbocycles. The summed E-state index contributed by atoms with van der Waals surface area (Å²) in [5.41, 5.74) is 8.50. The summed E-state index contributed by atoms with van der Waals surface area (Å²) in [6.45, 7) is 0. The maximum absolute atomic E-state index is 12.0. The molecule has 0 radical (unpaired) electrons. The number of nitrogens with two attached hydrogens (primary N) is 2. The van der Waals surface area contributed by atoms with Crippen LogP contribution in [0.1, 0.15) is 0 Å². The molecule has 0 heterocycles. The van der Waals surface area contributed by atoms with E-state index in [1.54, 1.807) is 0 Å². The Morgan fingerprint density at radius 2 is 1.58 bits per heavy atom. The number of halogens is 2. The van der Waals surface area contributed by atoms with E-state index in [9.17, 15) is 4.39 Å². The molecule has 0 unspecified atom stereocenters. The highest BCUT2D eigenvalue weighted by Gasteiger charge is 1.85. The molecule has 0 saturated heterocycles. The van der Waals surface area contributed by atoms with Gasteiger partial charge in [-0.05, 0) is 24.3 Å². The molecule has 1 rings (SSSR count). The van der Waals surface area contributed by atoms with Crippen LogP contribution >= 0.6 is 11.6 Å². The molecular weight excluding hydrogens is 183 g/mol. The zero-order chi connectivity index (χ0) is 9.56. The SMILES string of the molecule is Fc1ccc(Cl)cc1.NC(N)=O. The predicted octanol–water partition coefficient (Wildman–Crippen LogP) is 1.50. The molecule has 2 amide bonds. The molecule has 0 aromatic heterocycles. The van der Waals surface area contributed by atoms with E-state index in [0.29, 0.717) is 5.02 Å². The molecular formula is C7H8ClFN2O. The molecule has 1 aromatic rings. The summed E-state index contributed by atoms with van der Waals surface area (Å²) in [6.07, 6.45) is 0. The van der Waals surface area contributed by atoms with Crippen LogP contribution < -0.4 is 11.5 Å². The number of hydrogen-bond donors (Lipinski definition) is 2. The van der Waals surface area contributed by atoms with Gasteiger partial charge in [-0.25, -0.2) is 9.18 Å². The lowest BCUT2D eigenvalue weighted by atomic mass is 10.4. The van der Waals surface area contributed by atoms with Gasteiger partial charge in [-0.1, -0.05) is 11.6 Å². The zero-order valence-corrected chi connectivity index (χ0v) is 6.88. The monoisotopic (exact) mass is 190 g/mol. The van der Waals surface area contributed by atoms with Crippen LogP contribution in [0.3, 0.4) is 0 Å². The minimum absolute atomic E-state index is 0.255. The minimum Gasteiger partial charge on any atom is -0.352 e. The van der Waals surface area contributed by atoms with Crippen molar-refractivity contribution in [3.8, 4) is 0 Å². The van der Waals surface area contributed by atoms with Crippen molar-refractivity contribution in [2.45, 2.75) is 0 Å². The van der Waals surface area contributed by atoms with Crippen LogP contribution in [-0.2, 0) is 0 Å². The van der Waals surface area contributed by atoms with Crippen LogP contribution in [0.4, 0.5) is 9.18 Å². The second kappa shape index (κ2) is 5.37. The van der Waals surface area contributed by atoms with Crippen molar-refractivity contribution < 1.29 is 9.18 Å². The third kappa shape index (κ3) is 6.82. The Hall–Kier alpha value is -1.29.